The molecule has 0 aliphatic rings. The van der Waals surface area contributed by atoms with Crippen LogP contribution in [0.5, 0.6) is 0 Å². The quantitative estimate of drug-likeness (QED) is 0.678. The summed E-state index contributed by atoms with van der Waals surface area (Å²) in [5, 5.41) is 5.70. The third kappa shape index (κ3) is 4.82. The predicted molar refractivity (Wildman–Crippen MR) is 106 cm³/mol. The van der Waals surface area contributed by atoms with Crippen molar-refractivity contribution in [2.75, 3.05) is 0 Å². The summed E-state index contributed by atoms with van der Waals surface area (Å²) in [5.74, 6) is -1.01. The van der Waals surface area contributed by atoms with Crippen LogP contribution in [0.15, 0.2) is 84.9 Å². The molecule has 0 radical (unpaired) electrons. The second kappa shape index (κ2) is 8.95. The summed E-state index contributed by atoms with van der Waals surface area (Å²) in [5.41, 5.74) is 1.93. The monoisotopic (exact) mass is 376 g/mol. The minimum absolute atomic E-state index is 0.334. The van der Waals surface area contributed by atoms with Gasteiger partial charge >= 0.3 is 0 Å². The van der Waals surface area contributed by atoms with Gasteiger partial charge in [-0.3, -0.25) is 9.59 Å². The molecule has 5 heteroatoms. The van der Waals surface area contributed by atoms with Crippen molar-refractivity contribution < 1.29 is 14.0 Å². The van der Waals surface area contributed by atoms with Gasteiger partial charge < -0.3 is 10.6 Å². The molecule has 3 rings (SSSR count). The fourth-order valence-electron chi connectivity index (χ4n) is 2.88. The van der Waals surface area contributed by atoms with Crippen LogP contribution in [0, 0.1) is 5.82 Å². The molecular formula is C23H21FN2O2. The normalized spacial score (nSPS) is 12.6. The van der Waals surface area contributed by atoms with Gasteiger partial charge in [-0.05, 0) is 42.3 Å². The first-order valence-electron chi connectivity index (χ1n) is 9.01. The zero-order valence-corrected chi connectivity index (χ0v) is 15.4. The topological polar surface area (TPSA) is 58.2 Å². The third-order valence-corrected chi connectivity index (χ3v) is 4.44. The second-order valence-corrected chi connectivity index (χ2v) is 6.47. The summed E-state index contributed by atoms with van der Waals surface area (Å²) < 4.78 is 13.1. The Morgan fingerprint density at radius 2 is 1.32 bits per heavy atom. The molecule has 142 valence electrons. The summed E-state index contributed by atoms with van der Waals surface area (Å²) in [6.07, 6.45) is 0. The fourth-order valence-corrected chi connectivity index (χ4v) is 2.88. The number of carbonyl (C=O) groups is 2. The van der Waals surface area contributed by atoms with E-state index in [9.17, 15) is 14.0 Å². The average molecular weight is 376 g/mol. The first kappa shape index (κ1) is 19.3. The first-order valence-corrected chi connectivity index (χ1v) is 9.01. The maximum atomic E-state index is 13.1. The minimum atomic E-state index is -0.850. The second-order valence-electron chi connectivity index (χ2n) is 6.47. The average Bonchev–Trinajstić information content (AvgIpc) is 2.73. The summed E-state index contributed by atoms with van der Waals surface area (Å²) in [6.45, 7) is 1.81. The van der Waals surface area contributed by atoms with Crippen LogP contribution in [-0.2, 0) is 4.79 Å². The van der Waals surface area contributed by atoms with E-state index in [0.717, 1.165) is 5.56 Å². The Balaban J connectivity index is 1.79. The summed E-state index contributed by atoms with van der Waals surface area (Å²) >= 11 is 0. The maximum Gasteiger partial charge on any atom is 0.252 e. The van der Waals surface area contributed by atoms with Crippen molar-refractivity contribution in [3.8, 4) is 0 Å². The van der Waals surface area contributed by atoms with Crippen molar-refractivity contribution in [1.82, 2.24) is 10.6 Å². The van der Waals surface area contributed by atoms with E-state index in [0.29, 0.717) is 11.1 Å². The van der Waals surface area contributed by atoms with Gasteiger partial charge in [0.05, 0.1) is 6.04 Å². The smallest absolute Gasteiger partial charge is 0.252 e. The lowest BCUT2D eigenvalue weighted by Crippen LogP contribution is -2.41. The van der Waals surface area contributed by atoms with Crippen molar-refractivity contribution in [3.63, 3.8) is 0 Å². The Kier molecular flexibility index (Phi) is 6.17. The van der Waals surface area contributed by atoms with E-state index in [1.54, 1.807) is 48.5 Å². The lowest BCUT2D eigenvalue weighted by atomic mass is 10.0. The van der Waals surface area contributed by atoms with Gasteiger partial charge in [0, 0.05) is 5.56 Å². The molecule has 0 saturated heterocycles. The number of halogens is 1. The Morgan fingerprint density at radius 1 is 0.750 bits per heavy atom. The Bertz CT molecular complexity index is 928. The highest BCUT2D eigenvalue weighted by molar-refractivity contribution is 5.97. The van der Waals surface area contributed by atoms with E-state index in [4.69, 9.17) is 0 Å². The van der Waals surface area contributed by atoms with E-state index in [1.807, 2.05) is 31.2 Å². The van der Waals surface area contributed by atoms with Crippen LogP contribution in [0.4, 0.5) is 4.39 Å². The largest absolute Gasteiger partial charge is 0.347 e. The van der Waals surface area contributed by atoms with E-state index >= 15 is 0 Å². The van der Waals surface area contributed by atoms with Gasteiger partial charge in [0.15, 0.2) is 0 Å². The van der Waals surface area contributed by atoms with E-state index in [1.165, 1.54) is 12.1 Å². The van der Waals surface area contributed by atoms with Gasteiger partial charge in [0.1, 0.15) is 11.9 Å². The molecule has 0 aliphatic carbocycles. The number of benzene rings is 3. The van der Waals surface area contributed by atoms with Gasteiger partial charge in [-0.2, -0.15) is 0 Å². The van der Waals surface area contributed by atoms with Crippen molar-refractivity contribution in [2.45, 2.75) is 19.0 Å². The van der Waals surface area contributed by atoms with Gasteiger partial charge in [-0.25, -0.2) is 4.39 Å². The highest BCUT2D eigenvalue weighted by Crippen LogP contribution is 2.18. The predicted octanol–water partition coefficient (Wildman–Crippen LogP) is 4.17. The molecule has 4 nitrogen and oxygen atoms in total. The molecule has 2 unspecified atom stereocenters. The Hall–Kier alpha value is -3.47. The Labute approximate surface area is 163 Å². The van der Waals surface area contributed by atoms with Crippen LogP contribution in [0.1, 0.15) is 40.5 Å². The molecule has 3 aromatic carbocycles. The molecule has 0 aromatic heterocycles. The molecule has 2 atom stereocenters. The number of hydrogen-bond acceptors (Lipinski definition) is 2. The molecule has 3 aromatic rings. The van der Waals surface area contributed by atoms with Crippen molar-refractivity contribution in [3.05, 3.63) is 107 Å². The zero-order valence-electron chi connectivity index (χ0n) is 15.4. The molecule has 2 N–H and O–H groups in total. The van der Waals surface area contributed by atoms with Crippen LogP contribution >= 0.6 is 0 Å². The third-order valence-electron chi connectivity index (χ3n) is 4.44. The van der Waals surface area contributed by atoms with Crippen molar-refractivity contribution in [1.29, 1.82) is 0 Å². The fraction of sp³-hybridized carbons (Fsp3) is 0.130. The molecule has 0 aliphatic heterocycles. The molecule has 0 saturated carbocycles. The maximum absolute atomic E-state index is 13.1. The van der Waals surface area contributed by atoms with Crippen LogP contribution < -0.4 is 10.6 Å². The van der Waals surface area contributed by atoms with E-state index in [-0.39, 0.29) is 23.7 Å². The highest BCUT2D eigenvalue weighted by atomic mass is 19.1. The zero-order chi connectivity index (χ0) is 19.9. The number of amides is 2. The summed E-state index contributed by atoms with van der Waals surface area (Å²) in [7, 11) is 0. The van der Waals surface area contributed by atoms with Crippen LogP contribution in [0.25, 0.3) is 0 Å². The lowest BCUT2D eigenvalue weighted by molar-refractivity contribution is -0.123. The van der Waals surface area contributed by atoms with Crippen LogP contribution in [0.3, 0.4) is 0 Å². The van der Waals surface area contributed by atoms with Crippen LogP contribution in [-0.4, -0.2) is 11.8 Å². The molecule has 28 heavy (non-hydrogen) atoms. The van der Waals surface area contributed by atoms with Gasteiger partial charge in [0.2, 0.25) is 5.91 Å². The summed E-state index contributed by atoms with van der Waals surface area (Å²) in [6, 6.07) is 22.6. The van der Waals surface area contributed by atoms with Crippen molar-refractivity contribution in [2.24, 2.45) is 0 Å². The number of rotatable bonds is 6. The number of nitrogens with one attached hydrogen (secondary N) is 2. The Morgan fingerprint density at radius 3 is 1.93 bits per heavy atom. The molecule has 0 spiro atoms. The van der Waals surface area contributed by atoms with Crippen LogP contribution in [0.2, 0.25) is 0 Å². The van der Waals surface area contributed by atoms with Gasteiger partial charge in [0.25, 0.3) is 5.91 Å². The number of hydrogen-bond donors (Lipinski definition) is 2. The molecule has 0 bridgehead atoms. The van der Waals surface area contributed by atoms with Gasteiger partial charge in [-0.1, -0.05) is 60.7 Å². The number of carbonyl (C=O) groups excluding carboxylic acids is 2. The highest BCUT2D eigenvalue weighted by Gasteiger charge is 2.24. The van der Waals surface area contributed by atoms with E-state index in [2.05, 4.69) is 10.6 Å². The van der Waals surface area contributed by atoms with E-state index < -0.39 is 6.04 Å². The molecule has 0 fully saturated rings. The SMILES string of the molecule is CC(NC(=O)C(NC(=O)c1ccccc1)c1ccccc1)c1ccc(F)cc1. The lowest BCUT2D eigenvalue weighted by Gasteiger charge is -2.22. The summed E-state index contributed by atoms with van der Waals surface area (Å²) in [4.78, 5) is 25.6. The standard InChI is InChI=1S/C23H21FN2O2/c1-16(17-12-14-20(24)15-13-17)25-23(28)21(18-8-4-2-5-9-18)26-22(27)19-10-6-3-7-11-19/h2-16,21H,1H3,(H,25,28)(H,26,27). The van der Waals surface area contributed by atoms with Crippen molar-refractivity contribution >= 4 is 11.8 Å². The first-order chi connectivity index (χ1) is 13.5. The van der Waals surface area contributed by atoms with Gasteiger partial charge in [-0.15, -0.1) is 0 Å². The minimum Gasteiger partial charge on any atom is -0.347 e. The molecule has 0 heterocycles. The molecule has 2 amide bonds. The molecular weight excluding hydrogens is 355 g/mol.